The predicted octanol–water partition coefficient (Wildman–Crippen LogP) is 1.30. The van der Waals surface area contributed by atoms with E-state index in [-0.39, 0.29) is 5.84 Å². The minimum Gasteiger partial charge on any atom is -0.409 e. The van der Waals surface area contributed by atoms with Gasteiger partial charge in [-0.25, -0.2) is 4.98 Å². The van der Waals surface area contributed by atoms with Gasteiger partial charge in [0.25, 0.3) is 0 Å². The molecule has 0 aliphatic rings. The molecule has 6 nitrogen and oxygen atoms in total. The number of anilines is 1. The molecule has 1 aromatic heterocycles. The smallest absolute Gasteiger partial charge is 0.171 e. The molecule has 0 saturated heterocycles. The van der Waals surface area contributed by atoms with Crippen molar-refractivity contribution in [2.24, 2.45) is 10.9 Å². The van der Waals surface area contributed by atoms with E-state index in [4.69, 9.17) is 27.3 Å². The number of halogens is 1. The molecule has 18 heavy (non-hydrogen) atoms. The maximum absolute atomic E-state index is 8.69. The molecule has 1 heterocycles. The third-order valence-electron chi connectivity index (χ3n) is 2.50. The molecule has 1 rings (SSSR count). The summed E-state index contributed by atoms with van der Waals surface area (Å²) in [5.74, 6) is 0.562. The SMILES string of the molecule is CCN(CCOC)c1nccc(/C(N)=N/O)c1Cl. The molecular formula is C11H17ClN4O2. The van der Waals surface area contributed by atoms with Crippen molar-refractivity contribution < 1.29 is 9.94 Å². The fraction of sp³-hybridized carbons (Fsp3) is 0.455. The highest BCUT2D eigenvalue weighted by Gasteiger charge is 2.15. The fourth-order valence-corrected chi connectivity index (χ4v) is 1.85. The molecule has 0 aliphatic heterocycles. The van der Waals surface area contributed by atoms with E-state index >= 15 is 0 Å². The lowest BCUT2D eigenvalue weighted by molar-refractivity contribution is 0.205. The maximum atomic E-state index is 8.69. The second kappa shape index (κ2) is 7.03. The van der Waals surface area contributed by atoms with Crippen molar-refractivity contribution in [3.63, 3.8) is 0 Å². The van der Waals surface area contributed by atoms with Gasteiger partial charge in [-0.3, -0.25) is 0 Å². The first kappa shape index (κ1) is 14.5. The lowest BCUT2D eigenvalue weighted by atomic mass is 10.2. The predicted molar refractivity (Wildman–Crippen MR) is 71.5 cm³/mol. The largest absolute Gasteiger partial charge is 0.409 e. The summed E-state index contributed by atoms with van der Waals surface area (Å²) in [4.78, 5) is 6.18. The van der Waals surface area contributed by atoms with Crippen LogP contribution in [0.25, 0.3) is 0 Å². The number of hydrogen-bond acceptors (Lipinski definition) is 5. The number of amidine groups is 1. The molecule has 3 N–H and O–H groups in total. The summed E-state index contributed by atoms with van der Waals surface area (Å²) < 4.78 is 5.03. The Morgan fingerprint density at radius 3 is 2.94 bits per heavy atom. The first-order valence-corrected chi connectivity index (χ1v) is 5.89. The number of nitrogens with zero attached hydrogens (tertiary/aromatic N) is 3. The van der Waals surface area contributed by atoms with E-state index < -0.39 is 0 Å². The molecule has 0 aliphatic carbocycles. The Bertz CT molecular complexity index is 426. The van der Waals surface area contributed by atoms with Gasteiger partial charge in [-0.15, -0.1) is 0 Å². The normalized spacial score (nSPS) is 11.6. The van der Waals surface area contributed by atoms with Gasteiger partial charge in [0.2, 0.25) is 0 Å². The van der Waals surface area contributed by atoms with Gasteiger partial charge in [-0.2, -0.15) is 0 Å². The maximum Gasteiger partial charge on any atom is 0.171 e. The van der Waals surface area contributed by atoms with E-state index in [9.17, 15) is 0 Å². The first-order valence-electron chi connectivity index (χ1n) is 5.52. The first-order chi connectivity index (χ1) is 8.65. The van der Waals surface area contributed by atoms with Crippen LogP contribution in [0.15, 0.2) is 17.4 Å². The summed E-state index contributed by atoms with van der Waals surface area (Å²) in [6.45, 7) is 3.96. The molecule has 0 spiro atoms. The summed E-state index contributed by atoms with van der Waals surface area (Å²) in [6, 6.07) is 1.60. The minimum absolute atomic E-state index is 0.0357. The summed E-state index contributed by atoms with van der Waals surface area (Å²) in [7, 11) is 1.63. The van der Waals surface area contributed by atoms with Crippen LogP contribution in [0.4, 0.5) is 5.82 Å². The Kier molecular flexibility index (Phi) is 5.67. The molecule has 0 aromatic carbocycles. The Morgan fingerprint density at radius 1 is 1.67 bits per heavy atom. The van der Waals surface area contributed by atoms with E-state index in [0.717, 1.165) is 6.54 Å². The highest BCUT2D eigenvalue weighted by molar-refractivity contribution is 6.36. The van der Waals surface area contributed by atoms with Gasteiger partial charge in [-0.05, 0) is 13.0 Å². The van der Waals surface area contributed by atoms with Gasteiger partial charge in [0, 0.05) is 32.0 Å². The number of nitrogens with two attached hydrogens (primary N) is 1. The molecule has 1 aromatic rings. The van der Waals surface area contributed by atoms with Crippen LogP contribution in [-0.2, 0) is 4.74 Å². The molecular weight excluding hydrogens is 256 g/mol. The van der Waals surface area contributed by atoms with Crippen molar-refractivity contribution in [2.75, 3.05) is 31.7 Å². The van der Waals surface area contributed by atoms with Crippen LogP contribution < -0.4 is 10.6 Å². The van der Waals surface area contributed by atoms with Crippen LogP contribution in [-0.4, -0.2) is 42.8 Å². The van der Waals surface area contributed by atoms with Gasteiger partial charge in [-0.1, -0.05) is 16.8 Å². The molecule has 0 amide bonds. The highest BCUT2D eigenvalue weighted by atomic mass is 35.5. The topological polar surface area (TPSA) is 84.0 Å². The van der Waals surface area contributed by atoms with Crippen LogP contribution in [0.5, 0.6) is 0 Å². The van der Waals surface area contributed by atoms with Crippen molar-refractivity contribution in [3.05, 3.63) is 22.8 Å². The standard InChI is InChI=1S/C11H17ClN4O2/c1-3-16(6-7-18-2)11-9(12)8(4-5-14-11)10(13)15-17/h4-5,17H,3,6-7H2,1-2H3,(H2,13,15). The Morgan fingerprint density at radius 2 is 2.39 bits per heavy atom. The summed E-state index contributed by atoms with van der Waals surface area (Å²) in [5.41, 5.74) is 6.01. The van der Waals surface area contributed by atoms with Crippen molar-refractivity contribution in [1.82, 2.24) is 4.98 Å². The zero-order valence-electron chi connectivity index (χ0n) is 10.4. The zero-order valence-corrected chi connectivity index (χ0v) is 11.2. The van der Waals surface area contributed by atoms with Crippen molar-refractivity contribution >= 4 is 23.3 Å². The summed E-state index contributed by atoms with van der Waals surface area (Å²) in [6.07, 6.45) is 1.57. The second-order valence-electron chi connectivity index (χ2n) is 3.55. The van der Waals surface area contributed by atoms with E-state index in [1.54, 1.807) is 19.4 Å². The molecule has 7 heteroatoms. The average molecular weight is 273 g/mol. The zero-order chi connectivity index (χ0) is 13.5. The van der Waals surface area contributed by atoms with Gasteiger partial charge >= 0.3 is 0 Å². The van der Waals surface area contributed by atoms with Crippen molar-refractivity contribution in [1.29, 1.82) is 0 Å². The quantitative estimate of drug-likeness (QED) is 0.353. The molecule has 0 unspecified atom stereocenters. The van der Waals surface area contributed by atoms with Gasteiger partial charge in [0.05, 0.1) is 11.6 Å². The number of ether oxygens (including phenoxy) is 1. The number of aromatic nitrogens is 1. The van der Waals surface area contributed by atoms with Crippen LogP contribution in [0.3, 0.4) is 0 Å². The summed E-state index contributed by atoms with van der Waals surface area (Å²) in [5, 5.41) is 12.0. The van der Waals surface area contributed by atoms with Gasteiger partial charge in [0.15, 0.2) is 5.84 Å². The molecule has 0 fully saturated rings. The monoisotopic (exact) mass is 272 g/mol. The highest BCUT2D eigenvalue weighted by Crippen LogP contribution is 2.26. The summed E-state index contributed by atoms with van der Waals surface area (Å²) >= 11 is 6.22. The van der Waals surface area contributed by atoms with Crippen LogP contribution in [0.1, 0.15) is 12.5 Å². The average Bonchev–Trinajstić information content (AvgIpc) is 2.40. The molecule has 0 bridgehead atoms. The molecule has 0 atom stereocenters. The molecule has 0 saturated carbocycles. The number of methoxy groups -OCH3 is 1. The van der Waals surface area contributed by atoms with E-state index in [2.05, 4.69) is 10.1 Å². The number of oxime groups is 1. The Labute approximate surface area is 111 Å². The van der Waals surface area contributed by atoms with Gasteiger partial charge < -0.3 is 20.6 Å². The van der Waals surface area contributed by atoms with Crippen LogP contribution in [0, 0.1) is 0 Å². The fourth-order valence-electron chi connectivity index (χ4n) is 1.52. The number of pyridine rings is 1. The lowest BCUT2D eigenvalue weighted by Gasteiger charge is -2.23. The number of rotatable bonds is 6. The van der Waals surface area contributed by atoms with Crippen LogP contribution >= 0.6 is 11.6 Å². The van der Waals surface area contributed by atoms with E-state index in [1.165, 1.54) is 0 Å². The Hall–Kier alpha value is -1.53. The third-order valence-corrected chi connectivity index (χ3v) is 2.87. The van der Waals surface area contributed by atoms with Gasteiger partial charge in [0.1, 0.15) is 5.82 Å². The third kappa shape index (κ3) is 3.24. The van der Waals surface area contributed by atoms with Crippen LogP contribution in [0.2, 0.25) is 5.02 Å². The minimum atomic E-state index is -0.0357. The van der Waals surface area contributed by atoms with Crippen molar-refractivity contribution in [3.8, 4) is 0 Å². The number of likely N-dealkylation sites (N-methyl/N-ethyl adjacent to an activating group) is 1. The molecule has 0 radical (unpaired) electrons. The number of hydrogen-bond donors (Lipinski definition) is 2. The van der Waals surface area contributed by atoms with E-state index in [1.807, 2.05) is 11.8 Å². The Balaban J connectivity index is 3.08. The lowest BCUT2D eigenvalue weighted by Crippen LogP contribution is -2.28. The van der Waals surface area contributed by atoms with Crippen molar-refractivity contribution in [2.45, 2.75) is 6.92 Å². The van der Waals surface area contributed by atoms with E-state index in [0.29, 0.717) is 29.6 Å². The molecule has 100 valence electrons. The second-order valence-corrected chi connectivity index (χ2v) is 3.93.